The molecule has 0 bridgehead atoms. The average molecular weight is 308 g/mol. The first kappa shape index (κ1) is 15.3. The van der Waals surface area contributed by atoms with Crippen LogP contribution in [-0.4, -0.2) is 17.4 Å². The third-order valence-corrected chi connectivity index (χ3v) is 3.28. The molecule has 1 aromatic carbocycles. The second-order valence-electron chi connectivity index (χ2n) is 4.67. The zero-order valence-corrected chi connectivity index (χ0v) is 12.0. The molecular weight excluding hydrogens is 293 g/mol. The Balaban J connectivity index is 1.97. The lowest BCUT2D eigenvalue weighted by molar-refractivity contribution is -0.121. The van der Waals surface area contributed by atoms with E-state index in [9.17, 15) is 9.18 Å². The molecule has 2 rings (SSSR count). The molecule has 0 radical (unpaired) electrons. The summed E-state index contributed by atoms with van der Waals surface area (Å²) in [7, 11) is 0. The van der Waals surface area contributed by atoms with Crippen LogP contribution < -0.4 is 11.1 Å². The van der Waals surface area contributed by atoms with Gasteiger partial charge in [0, 0.05) is 12.7 Å². The van der Waals surface area contributed by atoms with Crippen LogP contribution in [0.15, 0.2) is 42.6 Å². The fraction of sp³-hybridized carbons (Fsp3) is 0.200. The van der Waals surface area contributed by atoms with Gasteiger partial charge in [-0.15, -0.1) is 0 Å². The molecule has 21 heavy (non-hydrogen) atoms. The first-order valence-corrected chi connectivity index (χ1v) is 6.81. The molecule has 0 spiro atoms. The second-order valence-corrected chi connectivity index (χ2v) is 5.11. The molecule has 3 N–H and O–H groups in total. The number of pyridine rings is 1. The van der Waals surface area contributed by atoms with Crippen molar-refractivity contribution in [2.45, 2.75) is 6.42 Å². The lowest BCUT2D eigenvalue weighted by Crippen LogP contribution is -2.31. The lowest BCUT2D eigenvalue weighted by atomic mass is 9.98. The molecule has 4 nitrogen and oxygen atoms in total. The fourth-order valence-corrected chi connectivity index (χ4v) is 2.00. The minimum atomic E-state index is -0.416. The fourth-order valence-electron chi connectivity index (χ4n) is 1.89. The smallest absolute Gasteiger partial charge is 0.222 e. The molecule has 1 atom stereocenters. The summed E-state index contributed by atoms with van der Waals surface area (Å²) in [4.78, 5) is 15.6. The number of carbonyl (C=O) groups excluding carboxylic acids is 1. The van der Waals surface area contributed by atoms with Crippen LogP contribution in [0.3, 0.4) is 0 Å². The summed E-state index contributed by atoms with van der Waals surface area (Å²) in [6.45, 7) is 0.349. The first-order chi connectivity index (χ1) is 10.0. The van der Waals surface area contributed by atoms with Crippen molar-refractivity contribution in [1.82, 2.24) is 4.98 Å². The summed E-state index contributed by atoms with van der Waals surface area (Å²) in [5.41, 5.74) is 6.26. The van der Waals surface area contributed by atoms with Crippen LogP contribution in [0.5, 0.6) is 0 Å². The van der Waals surface area contributed by atoms with Gasteiger partial charge in [0.1, 0.15) is 11.6 Å². The predicted molar refractivity (Wildman–Crippen MR) is 80.5 cm³/mol. The van der Waals surface area contributed by atoms with Crippen molar-refractivity contribution in [3.63, 3.8) is 0 Å². The van der Waals surface area contributed by atoms with Gasteiger partial charge in [-0.2, -0.15) is 0 Å². The topological polar surface area (TPSA) is 68.0 Å². The number of nitrogens with two attached hydrogens (primary N) is 1. The zero-order valence-electron chi connectivity index (χ0n) is 11.2. The van der Waals surface area contributed by atoms with Crippen LogP contribution in [0.25, 0.3) is 0 Å². The van der Waals surface area contributed by atoms with Crippen LogP contribution in [0.4, 0.5) is 10.2 Å². The Labute approximate surface area is 127 Å². The number of hydrogen-bond acceptors (Lipinski definition) is 3. The number of halogens is 2. The van der Waals surface area contributed by atoms with E-state index in [0.717, 1.165) is 5.56 Å². The first-order valence-electron chi connectivity index (χ1n) is 6.44. The van der Waals surface area contributed by atoms with E-state index >= 15 is 0 Å². The average Bonchev–Trinajstić information content (AvgIpc) is 2.47. The van der Waals surface area contributed by atoms with E-state index in [-0.39, 0.29) is 5.82 Å². The Morgan fingerprint density at radius 3 is 2.57 bits per heavy atom. The molecule has 0 saturated carbocycles. The largest absolute Gasteiger partial charge is 0.369 e. The summed E-state index contributed by atoms with van der Waals surface area (Å²) < 4.78 is 12.9. The summed E-state index contributed by atoms with van der Waals surface area (Å²) in [5, 5.41) is 3.58. The van der Waals surface area contributed by atoms with Gasteiger partial charge in [-0.3, -0.25) is 4.79 Å². The number of carbonyl (C=O) groups is 1. The maximum Gasteiger partial charge on any atom is 0.222 e. The van der Waals surface area contributed by atoms with Crippen molar-refractivity contribution in [2.75, 3.05) is 11.9 Å². The van der Waals surface area contributed by atoms with Gasteiger partial charge in [-0.1, -0.05) is 23.7 Å². The number of anilines is 1. The molecule has 0 fully saturated rings. The van der Waals surface area contributed by atoms with Crippen molar-refractivity contribution in [3.05, 3.63) is 59.0 Å². The number of primary amides is 1. The molecule has 0 saturated heterocycles. The highest BCUT2D eigenvalue weighted by Crippen LogP contribution is 2.13. The highest BCUT2D eigenvalue weighted by Gasteiger charge is 2.16. The van der Waals surface area contributed by atoms with Gasteiger partial charge >= 0.3 is 0 Å². The summed E-state index contributed by atoms with van der Waals surface area (Å²) >= 11 is 5.75. The minimum Gasteiger partial charge on any atom is -0.369 e. The second kappa shape index (κ2) is 7.04. The molecule has 0 unspecified atom stereocenters. The Morgan fingerprint density at radius 2 is 2.00 bits per heavy atom. The number of nitrogens with zero attached hydrogens (tertiary/aromatic N) is 1. The summed E-state index contributed by atoms with van der Waals surface area (Å²) in [5.74, 6) is -0.517. The van der Waals surface area contributed by atoms with E-state index in [4.69, 9.17) is 17.3 Å². The van der Waals surface area contributed by atoms with E-state index in [2.05, 4.69) is 10.3 Å². The number of hydrogen-bond donors (Lipinski definition) is 2. The number of aromatic nitrogens is 1. The molecule has 1 aromatic heterocycles. The molecule has 2 aromatic rings. The Morgan fingerprint density at radius 1 is 1.29 bits per heavy atom. The quantitative estimate of drug-likeness (QED) is 0.862. The maximum absolute atomic E-state index is 12.9. The number of nitrogens with one attached hydrogen (secondary N) is 1. The highest BCUT2D eigenvalue weighted by molar-refractivity contribution is 6.30. The normalized spacial score (nSPS) is 11.9. The van der Waals surface area contributed by atoms with Gasteiger partial charge in [0.2, 0.25) is 5.91 Å². The molecule has 1 heterocycles. The van der Waals surface area contributed by atoms with Gasteiger partial charge < -0.3 is 11.1 Å². The van der Waals surface area contributed by atoms with Crippen molar-refractivity contribution in [2.24, 2.45) is 11.7 Å². The van der Waals surface area contributed by atoms with Crippen LogP contribution in [0.2, 0.25) is 5.02 Å². The van der Waals surface area contributed by atoms with Gasteiger partial charge in [0.05, 0.1) is 10.9 Å². The number of rotatable bonds is 6. The van der Waals surface area contributed by atoms with E-state index in [0.29, 0.717) is 23.8 Å². The molecule has 6 heteroatoms. The zero-order chi connectivity index (χ0) is 15.2. The Hall–Kier alpha value is -2.14. The summed E-state index contributed by atoms with van der Waals surface area (Å²) in [6.07, 6.45) is 1.96. The van der Waals surface area contributed by atoms with E-state index < -0.39 is 11.8 Å². The molecule has 0 aliphatic rings. The summed E-state index contributed by atoms with van der Waals surface area (Å²) in [6, 6.07) is 9.44. The highest BCUT2D eigenvalue weighted by atomic mass is 35.5. The van der Waals surface area contributed by atoms with Gasteiger partial charge in [-0.05, 0) is 36.2 Å². The van der Waals surface area contributed by atoms with Gasteiger partial charge in [0.25, 0.3) is 0 Å². The molecular formula is C15H15ClFN3O. The Bertz CT molecular complexity index is 601. The standard InChI is InChI=1S/C15H15ClFN3O/c16-12-3-6-14(20-9-12)19-8-11(15(18)21)7-10-1-4-13(17)5-2-10/h1-6,9,11H,7-8H2,(H2,18,21)(H,19,20)/t11-/m0/s1. The predicted octanol–water partition coefficient (Wildman–Crippen LogP) is 2.63. The Kier molecular flexibility index (Phi) is 5.11. The van der Waals surface area contributed by atoms with Crippen molar-refractivity contribution in [3.8, 4) is 0 Å². The van der Waals surface area contributed by atoms with Crippen LogP contribution in [-0.2, 0) is 11.2 Å². The molecule has 0 aliphatic heterocycles. The SMILES string of the molecule is NC(=O)[C@H](CNc1ccc(Cl)cn1)Cc1ccc(F)cc1. The molecule has 1 amide bonds. The third-order valence-electron chi connectivity index (χ3n) is 3.05. The maximum atomic E-state index is 12.9. The van der Waals surface area contributed by atoms with E-state index in [1.807, 2.05) is 0 Å². The van der Waals surface area contributed by atoms with Crippen molar-refractivity contribution in [1.29, 1.82) is 0 Å². The van der Waals surface area contributed by atoms with Crippen LogP contribution >= 0.6 is 11.6 Å². The third kappa shape index (κ3) is 4.72. The number of amides is 1. The van der Waals surface area contributed by atoms with E-state index in [1.54, 1.807) is 24.3 Å². The van der Waals surface area contributed by atoms with E-state index in [1.165, 1.54) is 18.3 Å². The molecule has 110 valence electrons. The van der Waals surface area contributed by atoms with Crippen LogP contribution in [0, 0.1) is 11.7 Å². The molecule has 0 aliphatic carbocycles. The van der Waals surface area contributed by atoms with Crippen LogP contribution in [0.1, 0.15) is 5.56 Å². The lowest BCUT2D eigenvalue weighted by Gasteiger charge is -2.15. The van der Waals surface area contributed by atoms with Gasteiger partial charge in [0.15, 0.2) is 0 Å². The van der Waals surface area contributed by atoms with Gasteiger partial charge in [-0.25, -0.2) is 9.37 Å². The van der Waals surface area contributed by atoms with Crippen molar-refractivity contribution >= 4 is 23.3 Å². The monoisotopic (exact) mass is 307 g/mol. The number of benzene rings is 1. The minimum absolute atomic E-state index is 0.308. The van der Waals surface area contributed by atoms with Crippen molar-refractivity contribution < 1.29 is 9.18 Å².